The number of rotatable bonds is 5. The van der Waals surface area contributed by atoms with Crippen molar-refractivity contribution in [3.63, 3.8) is 0 Å². The number of hydrogen-bond donors (Lipinski definition) is 1. The predicted octanol–water partition coefficient (Wildman–Crippen LogP) is 3.28. The molecule has 0 aromatic rings. The van der Waals surface area contributed by atoms with Crippen molar-refractivity contribution >= 4 is 0 Å². The van der Waals surface area contributed by atoms with E-state index in [9.17, 15) is 0 Å². The molecule has 0 atom stereocenters. The first-order valence-corrected chi connectivity index (χ1v) is 8.23. The van der Waals surface area contributed by atoms with E-state index in [2.05, 4.69) is 24.1 Å². The first-order chi connectivity index (χ1) is 8.78. The van der Waals surface area contributed by atoms with E-state index in [1.165, 1.54) is 71.1 Å². The Bertz CT molecular complexity index is 213. The lowest BCUT2D eigenvalue weighted by Gasteiger charge is -2.36. The van der Waals surface area contributed by atoms with Crippen molar-refractivity contribution < 1.29 is 0 Å². The number of nitrogens with zero attached hydrogens (tertiary/aromatic N) is 1. The second-order valence-corrected chi connectivity index (χ2v) is 6.65. The summed E-state index contributed by atoms with van der Waals surface area (Å²) in [5, 5.41) is 3.67. The monoisotopic (exact) mass is 252 g/mol. The highest BCUT2D eigenvalue weighted by Gasteiger charge is 2.23. The van der Waals surface area contributed by atoms with Gasteiger partial charge < -0.3 is 10.2 Å². The van der Waals surface area contributed by atoms with Gasteiger partial charge in [-0.15, -0.1) is 0 Å². The molecule has 2 rings (SSSR count). The zero-order valence-corrected chi connectivity index (χ0v) is 12.5. The van der Waals surface area contributed by atoms with Gasteiger partial charge in [0, 0.05) is 12.6 Å². The van der Waals surface area contributed by atoms with Gasteiger partial charge in [-0.3, -0.25) is 0 Å². The number of likely N-dealkylation sites (tertiary alicyclic amines) is 1. The molecule has 0 radical (unpaired) electrons. The maximum absolute atomic E-state index is 3.67. The lowest BCUT2D eigenvalue weighted by molar-refractivity contribution is 0.147. The van der Waals surface area contributed by atoms with Crippen LogP contribution in [0.4, 0.5) is 0 Å². The summed E-state index contributed by atoms with van der Waals surface area (Å²) in [6.45, 7) is 9.91. The molecule has 0 unspecified atom stereocenters. The SMILES string of the molecule is CCCNC1CCN(CC2CCC(C)CC2)CC1. The van der Waals surface area contributed by atoms with Crippen LogP contribution in [-0.4, -0.2) is 37.1 Å². The van der Waals surface area contributed by atoms with Crippen molar-refractivity contribution in [2.45, 2.75) is 64.8 Å². The molecule has 2 aliphatic rings. The fourth-order valence-corrected chi connectivity index (χ4v) is 3.54. The zero-order chi connectivity index (χ0) is 12.8. The largest absolute Gasteiger partial charge is 0.314 e. The van der Waals surface area contributed by atoms with E-state index in [1.54, 1.807) is 0 Å². The summed E-state index contributed by atoms with van der Waals surface area (Å²) in [6, 6.07) is 0.799. The second kappa shape index (κ2) is 7.49. The van der Waals surface area contributed by atoms with E-state index in [0.29, 0.717) is 0 Å². The topological polar surface area (TPSA) is 15.3 Å². The van der Waals surface area contributed by atoms with Gasteiger partial charge in [-0.05, 0) is 63.6 Å². The molecule has 1 heterocycles. The van der Waals surface area contributed by atoms with Gasteiger partial charge in [0.25, 0.3) is 0 Å². The van der Waals surface area contributed by atoms with E-state index in [-0.39, 0.29) is 0 Å². The molecular formula is C16H32N2. The Hall–Kier alpha value is -0.0800. The Morgan fingerprint density at radius 3 is 2.28 bits per heavy atom. The van der Waals surface area contributed by atoms with E-state index in [4.69, 9.17) is 0 Å². The lowest BCUT2D eigenvalue weighted by Crippen LogP contribution is -2.44. The highest BCUT2D eigenvalue weighted by Crippen LogP contribution is 2.29. The molecule has 2 heteroatoms. The first kappa shape index (κ1) is 14.3. The van der Waals surface area contributed by atoms with Crippen LogP contribution >= 0.6 is 0 Å². The van der Waals surface area contributed by atoms with E-state index in [0.717, 1.165) is 17.9 Å². The molecule has 0 spiro atoms. The first-order valence-electron chi connectivity index (χ1n) is 8.23. The average molecular weight is 252 g/mol. The standard InChI is InChI=1S/C16H32N2/c1-3-10-17-16-8-11-18(12-9-16)13-15-6-4-14(2)5-7-15/h14-17H,3-13H2,1-2H3. The Balaban J connectivity index is 1.61. The Morgan fingerprint density at radius 1 is 1.00 bits per heavy atom. The summed E-state index contributed by atoms with van der Waals surface area (Å²) in [5.74, 6) is 1.99. The highest BCUT2D eigenvalue weighted by molar-refractivity contribution is 4.80. The molecule has 1 saturated carbocycles. The van der Waals surface area contributed by atoms with Gasteiger partial charge in [0.2, 0.25) is 0 Å². The highest BCUT2D eigenvalue weighted by atomic mass is 15.1. The van der Waals surface area contributed by atoms with Crippen LogP contribution < -0.4 is 5.32 Å². The van der Waals surface area contributed by atoms with Crippen LogP contribution in [0.3, 0.4) is 0 Å². The number of piperidine rings is 1. The Morgan fingerprint density at radius 2 is 1.67 bits per heavy atom. The minimum atomic E-state index is 0.799. The van der Waals surface area contributed by atoms with Crippen LogP contribution in [0.15, 0.2) is 0 Å². The molecule has 2 fully saturated rings. The molecular weight excluding hydrogens is 220 g/mol. The summed E-state index contributed by atoms with van der Waals surface area (Å²) < 4.78 is 0. The molecule has 18 heavy (non-hydrogen) atoms. The minimum Gasteiger partial charge on any atom is -0.314 e. The summed E-state index contributed by atoms with van der Waals surface area (Å²) in [6.07, 6.45) is 9.90. The lowest BCUT2D eigenvalue weighted by atomic mass is 9.82. The molecule has 1 saturated heterocycles. The number of hydrogen-bond acceptors (Lipinski definition) is 2. The smallest absolute Gasteiger partial charge is 0.00914 e. The molecule has 1 N–H and O–H groups in total. The van der Waals surface area contributed by atoms with Gasteiger partial charge in [0.15, 0.2) is 0 Å². The third-order valence-electron chi connectivity index (χ3n) is 4.92. The van der Waals surface area contributed by atoms with Crippen molar-refractivity contribution in [1.29, 1.82) is 0 Å². The summed E-state index contributed by atoms with van der Waals surface area (Å²) in [5.41, 5.74) is 0. The van der Waals surface area contributed by atoms with E-state index < -0.39 is 0 Å². The fraction of sp³-hybridized carbons (Fsp3) is 1.00. The number of nitrogens with one attached hydrogen (secondary N) is 1. The van der Waals surface area contributed by atoms with Crippen molar-refractivity contribution in [1.82, 2.24) is 10.2 Å². The van der Waals surface area contributed by atoms with Crippen molar-refractivity contribution in [3.8, 4) is 0 Å². The van der Waals surface area contributed by atoms with Gasteiger partial charge >= 0.3 is 0 Å². The van der Waals surface area contributed by atoms with Crippen LogP contribution in [0, 0.1) is 11.8 Å². The van der Waals surface area contributed by atoms with Crippen molar-refractivity contribution in [3.05, 3.63) is 0 Å². The molecule has 1 aliphatic heterocycles. The van der Waals surface area contributed by atoms with Crippen LogP contribution in [0.2, 0.25) is 0 Å². The normalized spacial score (nSPS) is 31.7. The third-order valence-corrected chi connectivity index (χ3v) is 4.92. The van der Waals surface area contributed by atoms with Crippen molar-refractivity contribution in [2.24, 2.45) is 11.8 Å². The van der Waals surface area contributed by atoms with Crippen LogP contribution in [0.5, 0.6) is 0 Å². The quantitative estimate of drug-likeness (QED) is 0.808. The van der Waals surface area contributed by atoms with Crippen LogP contribution in [0.1, 0.15) is 58.8 Å². The maximum Gasteiger partial charge on any atom is 0.00914 e. The van der Waals surface area contributed by atoms with Crippen LogP contribution in [0.25, 0.3) is 0 Å². The molecule has 0 bridgehead atoms. The minimum absolute atomic E-state index is 0.799. The Labute approximate surface area is 114 Å². The summed E-state index contributed by atoms with van der Waals surface area (Å²) in [4.78, 5) is 2.73. The average Bonchev–Trinajstić information content (AvgIpc) is 2.41. The van der Waals surface area contributed by atoms with Gasteiger partial charge in [-0.1, -0.05) is 26.7 Å². The van der Waals surface area contributed by atoms with Gasteiger partial charge in [0.05, 0.1) is 0 Å². The summed E-state index contributed by atoms with van der Waals surface area (Å²) in [7, 11) is 0. The van der Waals surface area contributed by atoms with E-state index in [1.807, 2.05) is 0 Å². The predicted molar refractivity (Wildman–Crippen MR) is 78.9 cm³/mol. The van der Waals surface area contributed by atoms with E-state index >= 15 is 0 Å². The molecule has 106 valence electrons. The van der Waals surface area contributed by atoms with Crippen molar-refractivity contribution in [2.75, 3.05) is 26.2 Å². The van der Waals surface area contributed by atoms with Gasteiger partial charge in [-0.2, -0.15) is 0 Å². The Kier molecular flexibility index (Phi) is 5.97. The van der Waals surface area contributed by atoms with Crippen LogP contribution in [-0.2, 0) is 0 Å². The fourth-order valence-electron chi connectivity index (χ4n) is 3.54. The second-order valence-electron chi connectivity index (χ2n) is 6.65. The molecule has 0 amide bonds. The maximum atomic E-state index is 3.67. The summed E-state index contributed by atoms with van der Waals surface area (Å²) >= 11 is 0. The molecule has 2 nitrogen and oxygen atoms in total. The van der Waals surface area contributed by atoms with Gasteiger partial charge in [-0.25, -0.2) is 0 Å². The van der Waals surface area contributed by atoms with Gasteiger partial charge in [0.1, 0.15) is 0 Å². The zero-order valence-electron chi connectivity index (χ0n) is 12.5. The molecule has 0 aromatic carbocycles. The molecule has 1 aliphatic carbocycles. The molecule has 0 aromatic heterocycles. The third kappa shape index (κ3) is 4.55.